The molecule has 1 fully saturated rings. The van der Waals surface area contributed by atoms with Crippen LogP contribution in [0.25, 0.3) is 0 Å². The Morgan fingerprint density at radius 2 is 2.27 bits per heavy atom. The smallest absolute Gasteiger partial charge is 0.0447 e. The molecule has 2 rings (SSSR count). The molecule has 1 unspecified atom stereocenters. The molecule has 0 bridgehead atoms. The minimum Gasteiger partial charge on any atom is -0.329 e. The van der Waals surface area contributed by atoms with Crippen LogP contribution in [0.2, 0.25) is 0 Å². The molecule has 0 aromatic heterocycles. The van der Waals surface area contributed by atoms with Crippen LogP contribution in [-0.2, 0) is 0 Å². The first-order chi connectivity index (χ1) is 7.20. The molecule has 15 heavy (non-hydrogen) atoms. The Labute approximate surface area is 99.4 Å². The van der Waals surface area contributed by atoms with Gasteiger partial charge in [0.1, 0.15) is 0 Å². The van der Waals surface area contributed by atoms with Crippen molar-refractivity contribution < 1.29 is 0 Å². The summed E-state index contributed by atoms with van der Waals surface area (Å²) < 4.78 is 1.16. The van der Waals surface area contributed by atoms with Gasteiger partial charge in [0.2, 0.25) is 0 Å². The van der Waals surface area contributed by atoms with E-state index in [9.17, 15) is 0 Å². The monoisotopic (exact) mass is 268 g/mol. The summed E-state index contributed by atoms with van der Waals surface area (Å²) in [6.07, 6.45) is 2.59. The van der Waals surface area contributed by atoms with Crippen molar-refractivity contribution >= 4 is 15.9 Å². The van der Waals surface area contributed by atoms with Crippen molar-refractivity contribution in [1.82, 2.24) is 5.32 Å². The van der Waals surface area contributed by atoms with E-state index in [1.807, 2.05) is 0 Å². The molecule has 3 heteroatoms. The van der Waals surface area contributed by atoms with Crippen LogP contribution < -0.4 is 11.1 Å². The van der Waals surface area contributed by atoms with E-state index in [0.717, 1.165) is 4.47 Å². The molecular weight excluding hydrogens is 252 g/mol. The quantitative estimate of drug-likeness (QED) is 0.881. The highest BCUT2D eigenvalue weighted by atomic mass is 79.9. The molecule has 0 amide bonds. The van der Waals surface area contributed by atoms with Gasteiger partial charge in [-0.2, -0.15) is 0 Å². The summed E-state index contributed by atoms with van der Waals surface area (Å²) in [6, 6.07) is 7.46. The van der Waals surface area contributed by atoms with Gasteiger partial charge in [0, 0.05) is 23.1 Å². The molecule has 1 saturated carbocycles. The van der Waals surface area contributed by atoms with E-state index in [0.29, 0.717) is 18.6 Å². The number of hydrogen-bond acceptors (Lipinski definition) is 2. The number of rotatable bonds is 4. The van der Waals surface area contributed by atoms with Crippen molar-refractivity contribution in [2.24, 2.45) is 5.73 Å². The number of halogens is 1. The average Bonchev–Trinajstić information content (AvgIpc) is 3.02. The molecule has 2 nitrogen and oxygen atoms in total. The number of hydrogen-bond donors (Lipinski definition) is 2. The lowest BCUT2D eigenvalue weighted by molar-refractivity contribution is 0.538. The standard InChI is InChI=1S/C12H17BrN2/c1-8-2-3-9(6-11(8)13)12(7-14)15-10-4-5-10/h2-3,6,10,12,15H,4-5,7,14H2,1H3. The highest BCUT2D eigenvalue weighted by Gasteiger charge is 2.24. The summed E-state index contributed by atoms with van der Waals surface area (Å²) >= 11 is 3.56. The van der Waals surface area contributed by atoms with Gasteiger partial charge in [-0.3, -0.25) is 0 Å². The van der Waals surface area contributed by atoms with Gasteiger partial charge in [0.05, 0.1) is 0 Å². The topological polar surface area (TPSA) is 38.0 Å². The first-order valence-electron chi connectivity index (χ1n) is 5.43. The molecule has 0 aliphatic heterocycles. The zero-order chi connectivity index (χ0) is 10.8. The van der Waals surface area contributed by atoms with Crippen molar-refractivity contribution in [3.05, 3.63) is 33.8 Å². The van der Waals surface area contributed by atoms with Gasteiger partial charge >= 0.3 is 0 Å². The zero-order valence-corrected chi connectivity index (χ0v) is 10.5. The fraction of sp³-hybridized carbons (Fsp3) is 0.500. The van der Waals surface area contributed by atoms with Crippen LogP contribution in [0.1, 0.15) is 30.0 Å². The number of benzene rings is 1. The summed E-state index contributed by atoms with van der Waals surface area (Å²) in [7, 11) is 0. The summed E-state index contributed by atoms with van der Waals surface area (Å²) in [5.41, 5.74) is 8.34. The minimum absolute atomic E-state index is 0.300. The van der Waals surface area contributed by atoms with Crippen LogP contribution in [0.15, 0.2) is 22.7 Å². The lowest BCUT2D eigenvalue weighted by atomic mass is 10.1. The molecule has 3 N–H and O–H groups in total. The summed E-state index contributed by atoms with van der Waals surface area (Å²) in [6.45, 7) is 2.76. The SMILES string of the molecule is Cc1ccc(C(CN)NC2CC2)cc1Br. The summed E-state index contributed by atoms with van der Waals surface area (Å²) in [4.78, 5) is 0. The second kappa shape index (κ2) is 4.64. The third-order valence-electron chi connectivity index (χ3n) is 2.85. The van der Waals surface area contributed by atoms with Crippen LogP contribution in [-0.4, -0.2) is 12.6 Å². The molecule has 1 atom stereocenters. The van der Waals surface area contributed by atoms with Gasteiger partial charge in [0.15, 0.2) is 0 Å². The second-order valence-corrected chi connectivity index (χ2v) is 5.09. The maximum absolute atomic E-state index is 5.79. The number of nitrogens with one attached hydrogen (secondary N) is 1. The normalized spacial score (nSPS) is 17.8. The molecule has 1 aromatic rings. The average molecular weight is 269 g/mol. The van der Waals surface area contributed by atoms with Crippen LogP contribution in [0, 0.1) is 6.92 Å². The van der Waals surface area contributed by atoms with Crippen LogP contribution in [0.5, 0.6) is 0 Å². The van der Waals surface area contributed by atoms with Crippen LogP contribution >= 0.6 is 15.9 Å². The van der Waals surface area contributed by atoms with Gasteiger partial charge in [-0.15, -0.1) is 0 Å². The molecule has 0 saturated heterocycles. The van der Waals surface area contributed by atoms with Gasteiger partial charge in [-0.05, 0) is 37.0 Å². The molecular formula is C12H17BrN2. The van der Waals surface area contributed by atoms with Crippen molar-refractivity contribution in [3.8, 4) is 0 Å². The van der Waals surface area contributed by atoms with Crippen molar-refractivity contribution in [1.29, 1.82) is 0 Å². The molecule has 1 aliphatic rings. The Bertz CT molecular complexity index is 347. The minimum atomic E-state index is 0.300. The third-order valence-corrected chi connectivity index (χ3v) is 3.70. The summed E-state index contributed by atoms with van der Waals surface area (Å²) in [5.74, 6) is 0. The lowest BCUT2D eigenvalue weighted by Crippen LogP contribution is -2.29. The Balaban J connectivity index is 2.13. The van der Waals surface area contributed by atoms with Gasteiger partial charge in [-0.1, -0.05) is 28.1 Å². The van der Waals surface area contributed by atoms with Crippen molar-refractivity contribution in [2.45, 2.75) is 31.8 Å². The van der Waals surface area contributed by atoms with E-state index in [-0.39, 0.29) is 0 Å². The van der Waals surface area contributed by atoms with Crippen molar-refractivity contribution in [3.63, 3.8) is 0 Å². The molecule has 0 heterocycles. The summed E-state index contributed by atoms with van der Waals surface area (Å²) in [5, 5.41) is 3.56. The Hall–Kier alpha value is -0.380. The van der Waals surface area contributed by atoms with Gasteiger partial charge in [-0.25, -0.2) is 0 Å². The Morgan fingerprint density at radius 1 is 1.53 bits per heavy atom. The van der Waals surface area contributed by atoms with E-state index >= 15 is 0 Å². The maximum atomic E-state index is 5.79. The predicted molar refractivity (Wildman–Crippen MR) is 66.8 cm³/mol. The van der Waals surface area contributed by atoms with E-state index in [1.165, 1.54) is 24.0 Å². The number of aryl methyl sites for hydroxylation is 1. The Morgan fingerprint density at radius 3 is 2.80 bits per heavy atom. The molecule has 0 spiro atoms. The fourth-order valence-corrected chi connectivity index (χ4v) is 2.06. The van der Waals surface area contributed by atoms with E-state index < -0.39 is 0 Å². The Kier molecular flexibility index (Phi) is 3.44. The van der Waals surface area contributed by atoms with Gasteiger partial charge < -0.3 is 11.1 Å². The molecule has 0 radical (unpaired) electrons. The number of nitrogens with two attached hydrogens (primary N) is 1. The van der Waals surface area contributed by atoms with Gasteiger partial charge in [0.25, 0.3) is 0 Å². The predicted octanol–water partition coefficient (Wildman–Crippen LogP) is 2.51. The first-order valence-corrected chi connectivity index (χ1v) is 6.22. The zero-order valence-electron chi connectivity index (χ0n) is 8.96. The molecule has 1 aliphatic carbocycles. The fourth-order valence-electron chi connectivity index (χ4n) is 1.66. The highest BCUT2D eigenvalue weighted by Crippen LogP contribution is 2.26. The maximum Gasteiger partial charge on any atom is 0.0447 e. The molecule has 82 valence electrons. The van der Waals surface area contributed by atoms with E-state index in [4.69, 9.17) is 5.73 Å². The van der Waals surface area contributed by atoms with E-state index in [1.54, 1.807) is 0 Å². The lowest BCUT2D eigenvalue weighted by Gasteiger charge is -2.17. The highest BCUT2D eigenvalue weighted by molar-refractivity contribution is 9.10. The third kappa shape index (κ3) is 2.80. The second-order valence-electron chi connectivity index (χ2n) is 4.24. The molecule has 1 aromatic carbocycles. The van der Waals surface area contributed by atoms with Crippen LogP contribution in [0.4, 0.5) is 0 Å². The van der Waals surface area contributed by atoms with E-state index in [2.05, 4.69) is 46.4 Å². The largest absolute Gasteiger partial charge is 0.329 e. The van der Waals surface area contributed by atoms with Crippen LogP contribution in [0.3, 0.4) is 0 Å². The first kappa shape index (κ1) is 11.1. The van der Waals surface area contributed by atoms with Crippen molar-refractivity contribution in [2.75, 3.05) is 6.54 Å².